The van der Waals surface area contributed by atoms with E-state index in [9.17, 15) is 4.79 Å². The maximum absolute atomic E-state index is 12.1. The van der Waals surface area contributed by atoms with E-state index in [4.69, 9.17) is 14.2 Å². The van der Waals surface area contributed by atoms with Gasteiger partial charge in [0.25, 0.3) is 5.91 Å². The van der Waals surface area contributed by atoms with Gasteiger partial charge in [-0.05, 0) is 37.3 Å². The van der Waals surface area contributed by atoms with Crippen LogP contribution < -0.4 is 19.5 Å². The van der Waals surface area contributed by atoms with Crippen LogP contribution in [0.2, 0.25) is 0 Å². The van der Waals surface area contributed by atoms with Gasteiger partial charge in [-0.2, -0.15) is 0 Å². The third-order valence-corrected chi connectivity index (χ3v) is 3.81. The second kappa shape index (κ2) is 9.36. The Labute approximate surface area is 163 Å². The summed E-state index contributed by atoms with van der Waals surface area (Å²) in [6, 6.07) is 18.0. The Hall–Kier alpha value is -3.61. The number of carbonyl (C=O) groups is 1. The summed E-state index contributed by atoms with van der Waals surface area (Å²) in [6.07, 6.45) is 0. The molecule has 7 heteroatoms. The Kier molecular flexibility index (Phi) is 6.41. The molecule has 28 heavy (non-hydrogen) atoms. The van der Waals surface area contributed by atoms with Gasteiger partial charge in [-0.25, -0.2) is 0 Å². The predicted octanol–water partition coefficient (Wildman–Crippen LogP) is 3.57. The van der Waals surface area contributed by atoms with E-state index in [0.29, 0.717) is 29.7 Å². The van der Waals surface area contributed by atoms with Gasteiger partial charge in [0, 0.05) is 23.4 Å². The number of ether oxygens (including phenoxy) is 3. The van der Waals surface area contributed by atoms with Crippen LogP contribution in [-0.2, 0) is 4.79 Å². The van der Waals surface area contributed by atoms with Crippen LogP contribution in [-0.4, -0.2) is 36.4 Å². The zero-order valence-corrected chi connectivity index (χ0v) is 15.7. The second-order valence-corrected chi connectivity index (χ2v) is 5.78. The average Bonchev–Trinajstić information content (AvgIpc) is 2.74. The predicted molar refractivity (Wildman–Crippen MR) is 106 cm³/mol. The molecule has 1 aromatic heterocycles. The lowest BCUT2D eigenvalue weighted by molar-refractivity contribution is -0.118. The summed E-state index contributed by atoms with van der Waals surface area (Å²) in [6.45, 7) is 2.34. The third-order valence-electron chi connectivity index (χ3n) is 3.81. The molecule has 1 N–H and O–H groups in total. The van der Waals surface area contributed by atoms with Crippen molar-refractivity contribution < 1.29 is 19.0 Å². The number of nitrogens with one attached hydrogen (secondary N) is 1. The van der Waals surface area contributed by atoms with Crippen LogP contribution in [0.1, 0.15) is 6.92 Å². The molecule has 0 saturated heterocycles. The lowest BCUT2D eigenvalue weighted by Gasteiger charge is -2.09. The van der Waals surface area contributed by atoms with Gasteiger partial charge in [-0.15, -0.1) is 10.2 Å². The van der Waals surface area contributed by atoms with Gasteiger partial charge in [0.15, 0.2) is 6.61 Å². The first-order valence-electron chi connectivity index (χ1n) is 8.81. The highest BCUT2D eigenvalue weighted by atomic mass is 16.5. The molecule has 0 aliphatic rings. The first kappa shape index (κ1) is 19.2. The van der Waals surface area contributed by atoms with E-state index >= 15 is 0 Å². The first-order chi connectivity index (χ1) is 13.7. The van der Waals surface area contributed by atoms with Crippen molar-refractivity contribution in [3.63, 3.8) is 0 Å². The minimum Gasteiger partial charge on any atom is -0.497 e. The lowest BCUT2D eigenvalue weighted by Crippen LogP contribution is -2.20. The standard InChI is InChI=1S/C21H21N3O4/c1-3-27-21-12-11-19(23-24-21)15-7-9-16(10-8-15)22-20(25)14-28-18-6-4-5-17(13-18)26-2/h4-13H,3,14H2,1-2H3,(H,22,25). The molecule has 3 aromatic rings. The molecular weight excluding hydrogens is 358 g/mol. The highest BCUT2D eigenvalue weighted by Gasteiger charge is 2.06. The smallest absolute Gasteiger partial charge is 0.262 e. The Morgan fingerprint density at radius 3 is 2.43 bits per heavy atom. The number of amides is 1. The van der Waals surface area contributed by atoms with Crippen molar-refractivity contribution in [2.24, 2.45) is 0 Å². The van der Waals surface area contributed by atoms with Crippen molar-refractivity contribution in [1.29, 1.82) is 0 Å². The minimum atomic E-state index is -0.253. The maximum atomic E-state index is 12.1. The third kappa shape index (κ3) is 5.20. The van der Waals surface area contributed by atoms with Gasteiger partial charge in [0.2, 0.25) is 5.88 Å². The van der Waals surface area contributed by atoms with E-state index < -0.39 is 0 Å². The number of hydrogen-bond donors (Lipinski definition) is 1. The quantitative estimate of drug-likeness (QED) is 0.644. The fraction of sp³-hybridized carbons (Fsp3) is 0.190. The number of aromatic nitrogens is 2. The molecule has 0 spiro atoms. The number of carbonyl (C=O) groups excluding carboxylic acids is 1. The summed E-state index contributed by atoms with van der Waals surface area (Å²) in [5, 5.41) is 11.0. The summed E-state index contributed by atoms with van der Waals surface area (Å²) in [4.78, 5) is 12.1. The molecule has 0 bridgehead atoms. The van der Waals surface area contributed by atoms with Crippen molar-refractivity contribution >= 4 is 11.6 Å². The monoisotopic (exact) mass is 379 g/mol. The molecule has 0 aliphatic carbocycles. The normalized spacial score (nSPS) is 10.2. The molecule has 0 aliphatic heterocycles. The van der Waals surface area contributed by atoms with Crippen LogP contribution in [0.25, 0.3) is 11.3 Å². The fourth-order valence-corrected chi connectivity index (χ4v) is 2.46. The molecule has 3 rings (SSSR count). The Morgan fingerprint density at radius 2 is 1.75 bits per heavy atom. The van der Waals surface area contributed by atoms with E-state index in [1.54, 1.807) is 43.5 Å². The van der Waals surface area contributed by atoms with E-state index in [1.807, 2.05) is 31.2 Å². The summed E-state index contributed by atoms with van der Waals surface area (Å²) in [5.74, 6) is 1.48. The molecule has 1 heterocycles. The average molecular weight is 379 g/mol. The molecule has 2 aromatic carbocycles. The second-order valence-electron chi connectivity index (χ2n) is 5.78. The number of rotatable bonds is 8. The molecule has 0 atom stereocenters. The molecular formula is C21H21N3O4. The zero-order valence-electron chi connectivity index (χ0n) is 15.7. The van der Waals surface area contributed by atoms with Gasteiger partial charge in [-0.1, -0.05) is 18.2 Å². The van der Waals surface area contributed by atoms with Crippen LogP contribution in [0.3, 0.4) is 0 Å². The van der Waals surface area contributed by atoms with Crippen molar-refractivity contribution in [2.75, 3.05) is 25.6 Å². The van der Waals surface area contributed by atoms with Crippen LogP contribution in [0.4, 0.5) is 5.69 Å². The summed E-state index contributed by atoms with van der Waals surface area (Å²) in [7, 11) is 1.58. The summed E-state index contributed by atoms with van der Waals surface area (Å²) < 4.78 is 15.9. The van der Waals surface area contributed by atoms with E-state index in [-0.39, 0.29) is 12.5 Å². The van der Waals surface area contributed by atoms with E-state index in [1.165, 1.54) is 0 Å². The number of methoxy groups -OCH3 is 1. The summed E-state index contributed by atoms with van der Waals surface area (Å²) in [5.41, 5.74) is 2.28. The van der Waals surface area contributed by atoms with Crippen molar-refractivity contribution in [2.45, 2.75) is 6.92 Å². The van der Waals surface area contributed by atoms with Gasteiger partial charge in [0.1, 0.15) is 11.5 Å². The molecule has 0 radical (unpaired) electrons. The van der Waals surface area contributed by atoms with Gasteiger partial charge >= 0.3 is 0 Å². The highest BCUT2D eigenvalue weighted by Crippen LogP contribution is 2.21. The zero-order chi connectivity index (χ0) is 19.8. The molecule has 7 nitrogen and oxygen atoms in total. The van der Waals surface area contributed by atoms with Crippen molar-refractivity contribution in [3.05, 3.63) is 60.7 Å². The number of anilines is 1. The van der Waals surface area contributed by atoms with Crippen molar-refractivity contribution in [3.8, 4) is 28.6 Å². The highest BCUT2D eigenvalue weighted by molar-refractivity contribution is 5.92. The molecule has 0 unspecified atom stereocenters. The first-order valence-corrected chi connectivity index (χ1v) is 8.81. The largest absolute Gasteiger partial charge is 0.497 e. The van der Waals surface area contributed by atoms with Gasteiger partial charge in [-0.3, -0.25) is 4.79 Å². The molecule has 0 saturated carbocycles. The molecule has 1 amide bonds. The molecule has 144 valence electrons. The van der Waals surface area contributed by atoms with Crippen LogP contribution in [0, 0.1) is 0 Å². The van der Waals surface area contributed by atoms with E-state index in [0.717, 1.165) is 11.3 Å². The van der Waals surface area contributed by atoms with Crippen LogP contribution >= 0.6 is 0 Å². The lowest BCUT2D eigenvalue weighted by atomic mass is 10.1. The molecule has 0 fully saturated rings. The number of nitrogens with zero attached hydrogens (tertiary/aromatic N) is 2. The summed E-state index contributed by atoms with van der Waals surface area (Å²) >= 11 is 0. The fourth-order valence-electron chi connectivity index (χ4n) is 2.46. The Bertz CT molecular complexity index is 912. The SMILES string of the molecule is CCOc1ccc(-c2ccc(NC(=O)COc3cccc(OC)c3)cc2)nn1. The van der Waals surface area contributed by atoms with E-state index in [2.05, 4.69) is 15.5 Å². The van der Waals surface area contributed by atoms with Gasteiger partial charge in [0.05, 0.1) is 19.4 Å². The Balaban J connectivity index is 1.55. The Morgan fingerprint density at radius 1 is 0.964 bits per heavy atom. The number of hydrogen-bond acceptors (Lipinski definition) is 6. The van der Waals surface area contributed by atoms with Crippen LogP contribution in [0.15, 0.2) is 60.7 Å². The maximum Gasteiger partial charge on any atom is 0.262 e. The number of benzene rings is 2. The van der Waals surface area contributed by atoms with Crippen molar-refractivity contribution in [1.82, 2.24) is 10.2 Å². The minimum absolute atomic E-state index is 0.0979. The van der Waals surface area contributed by atoms with Crippen LogP contribution in [0.5, 0.6) is 17.4 Å². The van der Waals surface area contributed by atoms with Gasteiger partial charge < -0.3 is 19.5 Å². The topological polar surface area (TPSA) is 82.6 Å².